The van der Waals surface area contributed by atoms with Gasteiger partial charge >= 0.3 is 5.97 Å². The van der Waals surface area contributed by atoms with Gasteiger partial charge in [0.15, 0.2) is 0 Å². The van der Waals surface area contributed by atoms with Crippen molar-refractivity contribution in [2.24, 2.45) is 5.92 Å². The van der Waals surface area contributed by atoms with Crippen LogP contribution in [-0.4, -0.2) is 11.1 Å². The standard InChI is InChI=1S/C17H25NO2/c18-15-11-9-14(10-12-15)16(17(19)20)8-4-7-13-5-2-1-3-6-13/h9-13,16H,1-8,18H2,(H,19,20)/t16-/m1/s1. The normalized spacial score (nSPS) is 17.8. The fourth-order valence-electron chi connectivity index (χ4n) is 3.25. The van der Waals surface area contributed by atoms with Crippen LogP contribution in [0.1, 0.15) is 62.8 Å². The van der Waals surface area contributed by atoms with Gasteiger partial charge in [-0.25, -0.2) is 0 Å². The van der Waals surface area contributed by atoms with Crippen LogP contribution in [0.5, 0.6) is 0 Å². The first kappa shape index (κ1) is 14.9. The van der Waals surface area contributed by atoms with E-state index in [-0.39, 0.29) is 5.92 Å². The number of rotatable bonds is 6. The number of benzene rings is 1. The summed E-state index contributed by atoms with van der Waals surface area (Å²) in [6.45, 7) is 0. The molecule has 110 valence electrons. The van der Waals surface area contributed by atoms with Gasteiger partial charge in [-0.05, 0) is 30.0 Å². The molecule has 3 nitrogen and oxygen atoms in total. The lowest BCUT2D eigenvalue weighted by Gasteiger charge is -2.22. The Labute approximate surface area is 121 Å². The lowest BCUT2D eigenvalue weighted by atomic mass is 9.84. The van der Waals surface area contributed by atoms with Gasteiger partial charge in [-0.2, -0.15) is 0 Å². The van der Waals surface area contributed by atoms with Crippen LogP contribution in [0.25, 0.3) is 0 Å². The Balaban J connectivity index is 1.86. The van der Waals surface area contributed by atoms with Crippen LogP contribution < -0.4 is 5.73 Å². The Morgan fingerprint density at radius 3 is 2.45 bits per heavy atom. The quantitative estimate of drug-likeness (QED) is 0.765. The Morgan fingerprint density at radius 2 is 1.85 bits per heavy atom. The van der Waals surface area contributed by atoms with E-state index in [9.17, 15) is 9.90 Å². The highest BCUT2D eigenvalue weighted by molar-refractivity contribution is 5.76. The molecule has 0 spiro atoms. The molecule has 0 unspecified atom stereocenters. The van der Waals surface area contributed by atoms with E-state index in [1.165, 1.54) is 38.5 Å². The highest BCUT2D eigenvalue weighted by Crippen LogP contribution is 2.30. The Bertz CT molecular complexity index is 421. The van der Waals surface area contributed by atoms with Gasteiger partial charge in [-0.1, -0.05) is 57.1 Å². The molecular weight excluding hydrogens is 250 g/mol. The van der Waals surface area contributed by atoms with Crippen molar-refractivity contribution in [3.8, 4) is 0 Å². The van der Waals surface area contributed by atoms with Crippen molar-refractivity contribution in [3.63, 3.8) is 0 Å². The third-order valence-electron chi connectivity index (χ3n) is 4.47. The van der Waals surface area contributed by atoms with Crippen molar-refractivity contribution in [2.45, 2.75) is 57.3 Å². The summed E-state index contributed by atoms with van der Waals surface area (Å²) in [5, 5.41) is 9.40. The molecule has 1 aliphatic rings. The summed E-state index contributed by atoms with van der Waals surface area (Å²) in [6.07, 6.45) is 9.66. The molecule has 1 aromatic carbocycles. The fourth-order valence-corrected chi connectivity index (χ4v) is 3.25. The van der Waals surface area contributed by atoms with Crippen LogP contribution in [0.15, 0.2) is 24.3 Å². The third kappa shape index (κ3) is 4.26. The zero-order chi connectivity index (χ0) is 14.4. The summed E-state index contributed by atoms with van der Waals surface area (Å²) in [6, 6.07) is 7.25. The molecule has 1 saturated carbocycles. The number of nitrogens with two attached hydrogens (primary N) is 1. The Morgan fingerprint density at radius 1 is 1.20 bits per heavy atom. The summed E-state index contributed by atoms with van der Waals surface area (Å²) in [4.78, 5) is 11.4. The SMILES string of the molecule is Nc1ccc([C@@H](CCCC2CCCCC2)C(=O)O)cc1. The van der Waals surface area contributed by atoms with Crippen LogP contribution in [0.2, 0.25) is 0 Å². The van der Waals surface area contributed by atoms with Gasteiger partial charge in [0.05, 0.1) is 5.92 Å². The first-order chi connectivity index (χ1) is 9.66. The monoisotopic (exact) mass is 275 g/mol. The Kier molecular flexibility index (Phi) is 5.45. The predicted octanol–water partition coefficient (Wildman–Crippen LogP) is 4.19. The summed E-state index contributed by atoms with van der Waals surface area (Å²) in [7, 11) is 0. The molecule has 3 heteroatoms. The van der Waals surface area contributed by atoms with Crippen LogP contribution in [0.3, 0.4) is 0 Å². The van der Waals surface area contributed by atoms with E-state index in [1.54, 1.807) is 12.1 Å². The second-order valence-electron chi connectivity index (χ2n) is 5.99. The molecule has 1 aliphatic carbocycles. The molecule has 1 atom stereocenters. The molecule has 3 N–H and O–H groups in total. The van der Waals surface area contributed by atoms with E-state index in [2.05, 4.69) is 0 Å². The maximum absolute atomic E-state index is 11.4. The zero-order valence-electron chi connectivity index (χ0n) is 12.1. The van der Waals surface area contributed by atoms with Crippen molar-refractivity contribution in [1.29, 1.82) is 0 Å². The highest BCUT2D eigenvalue weighted by Gasteiger charge is 2.20. The smallest absolute Gasteiger partial charge is 0.310 e. The number of hydrogen-bond donors (Lipinski definition) is 2. The van der Waals surface area contributed by atoms with Crippen molar-refractivity contribution in [2.75, 3.05) is 5.73 Å². The lowest BCUT2D eigenvalue weighted by molar-refractivity contribution is -0.139. The average Bonchev–Trinajstić information content (AvgIpc) is 2.46. The summed E-state index contributed by atoms with van der Waals surface area (Å²) < 4.78 is 0. The average molecular weight is 275 g/mol. The van der Waals surface area contributed by atoms with E-state index in [0.717, 1.165) is 24.3 Å². The molecule has 0 heterocycles. The second-order valence-corrected chi connectivity index (χ2v) is 5.99. The van der Waals surface area contributed by atoms with Crippen LogP contribution in [0, 0.1) is 5.92 Å². The fraction of sp³-hybridized carbons (Fsp3) is 0.588. The van der Waals surface area contributed by atoms with Gasteiger partial charge in [0.25, 0.3) is 0 Å². The maximum Gasteiger partial charge on any atom is 0.310 e. The largest absolute Gasteiger partial charge is 0.481 e. The molecule has 0 aliphatic heterocycles. The van der Waals surface area contributed by atoms with E-state index in [0.29, 0.717) is 5.69 Å². The van der Waals surface area contributed by atoms with E-state index < -0.39 is 5.97 Å². The van der Waals surface area contributed by atoms with E-state index in [4.69, 9.17) is 5.73 Å². The Hall–Kier alpha value is -1.51. The van der Waals surface area contributed by atoms with E-state index >= 15 is 0 Å². The molecule has 2 rings (SSSR count). The molecule has 0 aromatic heterocycles. The van der Waals surface area contributed by atoms with Crippen LogP contribution in [-0.2, 0) is 4.79 Å². The van der Waals surface area contributed by atoms with Crippen molar-refractivity contribution in [1.82, 2.24) is 0 Å². The minimum absolute atomic E-state index is 0.390. The second kappa shape index (κ2) is 7.32. The molecule has 0 radical (unpaired) electrons. The molecule has 0 amide bonds. The number of carbonyl (C=O) groups is 1. The predicted molar refractivity (Wildman–Crippen MR) is 81.7 cm³/mol. The number of hydrogen-bond acceptors (Lipinski definition) is 2. The summed E-state index contributed by atoms with van der Waals surface area (Å²) >= 11 is 0. The zero-order valence-corrected chi connectivity index (χ0v) is 12.1. The molecule has 20 heavy (non-hydrogen) atoms. The van der Waals surface area contributed by atoms with Crippen molar-refractivity contribution < 1.29 is 9.90 Å². The number of carboxylic acids is 1. The van der Waals surface area contributed by atoms with Gasteiger partial charge in [-0.3, -0.25) is 4.79 Å². The number of anilines is 1. The number of nitrogen functional groups attached to an aromatic ring is 1. The van der Waals surface area contributed by atoms with Gasteiger partial charge < -0.3 is 10.8 Å². The molecule has 1 fully saturated rings. The van der Waals surface area contributed by atoms with Crippen molar-refractivity contribution >= 4 is 11.7 Å². The highest BCUT2D eigenvalue weighted by atomic mass is 16.4. The minimum atomic E-state index is -0.724. The molecule has 0 bridgehead atoms. The van der Waals surface area contributed by atoms with Gasteiger partial charge in [0.2, 0.25) is 0 Å². The number of aliphatic carboxylic acids is 1. The van der Waals surface area contributed by atoms with Crippen LogP contribution >= 0.6 is 0 Å². The molecule has 1 aromatic rings. The third-order valence-corrected chi connectivity index (χ3v) is 4.47. The minimum Gasteiger partial charge on any atom is -0.481 e. The maximum atomic E-state index is 11.4. The molecule has 0 saturated heterocycles. The first-order valence-corrected chi connectivity index (χ1v) is 7.75. The topological polar surface area (TPSA) is 63.3 Å². The first-order valence-electron chi connectivity index (χ1n) is 7.75. The molecular formula is C17H25NO2. The lowest BCUT2D eigenvalue weighted by Crippen LogP contribution is -2.13. The number of carboxylic acid groups (broad SMARTS) is 1. The van der Waals surface area contributed by atoms with Crippen LogP contribution in [0.4, 0.5) is 5.69 Å². The summed E-state index contributed by atoms with van der Waals surface area (Å²) in [5.74, 6) is -0.290. The van der Waals surface area contributed by atoms with Crippen molar-refractivity contribution in [3.05, 3.63) is 29.8 Å². The van der Waals surface area contributed by atoms with Gasteiger partial charge in [-0.15, -0.1) is 0 Å². The van der Waals surface area contributed by atoms with Gasteiger partial charge in [0, 0.05) is 5.69 Å². The van der Waals surface area contributed by atoms with E-state index in [1.807, 2.05) is 12.1 Å². The van der Waals surface area contributed by atoms with Gasteiger partial charge in [0.1, 0.15) is 0 Å². The summed E-state index contributed by atoms with van der Waals surface area (Å²) in [5.41, 5.74) is 7.20.